The average molecular weight is 593 g/mol. The first-order valence-electron chi connectivity index (χ1n) is 14.6. The van der Waals surface area contributed by atoms with E-state index < -0.39 is 23.5 Å². The Morgan fingerprint density at radius 1 is 1.00 bits per heavy atom. The highest BCUT2D eigenvalue weighted by molar-refractivity contribution is 5.77. The molecule has 3 heterocycles. The van der Waals surface area contributed by atoms with E-state index in [1.165, 1.54) is 18.7 Å². The number of carbonyl (C=O) groups excluding carboxylic acids is 2. The Balaban J connectivity index is 1.29. The molecule has 0 atom stereocenters. The van der Waals surface area contributed by atoms with Gasteiger partial charge in [0.25, 0.3) is 0 Å². The maximum atomic E-state index is 15.1. The standard InChI is InChI=1S/C33H37F2N3O5/c1-21-16-24(22-8-14-38(15-9-22)31(39)20-42-2)6-7-25(21)19-43-32-27(17-26(34)18-28(32)35)29-4-3-5-30(36-29)37-12-10-23(11-13-37)33(40)41/h3-7,16-18,22-23H,8-15,19-20H2,1-2H3,(H,40,41)/p-1. The van der Waals surface area contributed by atoms with Crippen LogP contribution in [-0.2, 0) is 20.9 Å². The fourth-order valence-electron chi connectivity index (χ4n) is 5.95. The van der Waals surface area contributed by atoms with Gasteiger partial charge in [-0.1, -0.05) is 24.3 Å². The fourth-order valence-corrected chi connectivity index (χ4v) is 5.95. The summed E-state index contributed by atoms with van der Waals surface area (Å²) in [5.41, 5.74) is 3.63. The first-order valence-corrected chi connectivity index (χ1v) is 14.6. The summed E-state index contributed by atoms with van der Waals surface area (Å²) >= 11 is 0. The number of hydrogen-bond donors (Lipinski definition) is 0. The highest BCUT2D eigenvalue weighted by Gasteiger charge is 2.25. The molecule has 10 heteroatoms. The number of aliphatic carboxylic acids is 1. The van der Waals surface area contributed by atoms with E-state index in [0.29, 0.717) is 56.5 Å². The van der Waals surface area contributed by atoms with Gasteiger partial charge in [0, 0.05) is 56.8 Å². The van der Waals surface area contributed by atoms with Crippen LogP contribution < -0.4 is 14.7 Å². The molecule has 0 radical (unpaired) electrons. The van der Waals surface area contributed by atoms with Crippen LogP contribution in [0.1, 0.15) is 48.3 Å². The Morgan fingerprint density at radius 3 is 2.42 bits per heavy atom. The van der Waals surface area contributed by atoms with Gasteiger partial charge in [0.2, 0.25) is 5.91 Å². The molecular weight excluding hydrogens is 556 g/mol. The molecule has 2 fully saturated rings. The molecule has 1 amide bonds. The van der Waals surface area contributed by atoms with Crippen LogP contribution in [0.5, 0.6) is 5.75 Å². The van der Waals surface area contributed by atoms with Crippen LogP contribution in [0.15, 0.2) is 48.5 Å². The number of carboxylic acids is 1. The van der Waals surface area contributed by atoms with E-state index in [-0.39, 0.29) is 30.4 Å². The number of pyridine rings is 1. The molecule has 5 rings (SSSR count). The maximum Gasteiger partial charge on any atom is 0.248 e. The average Bonchev–Trinajstić information content (AvgIpc) is 3.01. The van der Waals surface area contributed by atoms with Crippen molar-refractivity contribution in [1.82, 2.24) is 9.88 Å². The molecule has 0 N–H and O–H groups in total. The normalized spacial score (nSPS) is 16.4. The van der Waals surface area contributed by atoms with Crippen LogP contribution in [-0.4, -0.2) is 61.7 Å². The quantitative estimate of drug-likeness (QED) is 0.367. The van der Waals surface area contributed by atoms with Gasteiger partial charge in [-0.2, -0.15) is 0 Å². The molecule has 228 valence electrons. The van der Waals surface area contributed by atoms with Crippen LogP contribution in [0, 0.1) is 24.5 Å². The minimum atomic E-state index is -1.04. The van der Waals surface area contributed by atoms with Crippen LogP contribution >= 0.6 is 0 Å². The monoisotopic (exact) mass is 592 g/mol. The van der Waals surface area contributed by atoms with Crippen molar-refractivity contribution in [3.63, 3.8) is 0 Å². The second-order valence-electron chi connectivity index (χ2n) is 11.3. The molecule has 0 unspecified atom stereocenters. The molecule has 0 aliphatic carbocycles. The highest BCUT2D eigenvalue weighted by Crippen LogP contribution is 2.35. The number of methoxy groups -OCH3 is 1. The van der Waals surface area contributed by atoms with Crippen molar-refractivity contribution in [2.24, 2.45) is 5.92 Å². The third-order valence-electron chi connectivity index (χ3n) is 8.50. The molecule has 0 saturated carbocycles. The molecule has 3 aromatic rings. The number of hydrogen-bond acceptors (Lipinski definition) is 7. The van der Waals surface area contributed by atoms with Crippen LogP contribution in [0.25, 0.3) is 11.3 Å². The number of aromatic nitrogens is 1. The Labute approximate surface area is 250 Å². The molecule has 1 aromatic heterocycles. The topological polar surface area (TPSA) is 95.0 Å². The zero-order valence-corrected chi connectivity index (χ0v) is 24.5. The lowest BCUT2D eigenvalue weighted by molar-refractivity contribution is -0.312. The van der Waals surface area contributed by atoms with E-state index in [1.54, 1.807) is 18.2 Å². The van der Waals surface area contributed by atoms with Gasteiger partial charge < -0.3 is 29.2 Å². The fraction of sp³-hybridized carbons (Fsp3) is 0.424. The lowest BCUT2D eigenvalue weighted by Crippen LogP contribution is -2.41. The number of anilines is 1. The number of carboxylic acid groups (broad SMARTS) is 1. The third-order valence-corrected chi connectivity index (χ3v) is 8.50. The van der Waals surface area contributed by atoms with E-state index >= 15 is 4.39 Å². The molecular formula is C33H36F2N3O5-. The van der Waals surface area contributed by atoms with Gasteiger partial charge in [-0.05, 0) is 73.4 Å². The minimum absolute atomic E-state index is 0.0112. The molecule has 0 bridgehead atoms. The largest absolute Gasteiger partial charge is 0.550 e. The molecule has 2 aliphatic heterocycles. The predicted octanol–water partition coefficient (Wildman–Crippen LogP) is 4.23. The summed E-state index contributed by atoms with van der Waals surface area (Å²) in [6.45, 7) is 4.54. The molecule has 2 aromatic carbocycles. The Bertz CT molecular complexity index is 1470. The van der Waals surface area contributed by atoms with E-state index in [4.69, 9.17) is 9.47 Å². The molecule has 8 nitrogen and oxygen atoms in total. The SMILES string of the molecule is COCC(=O)N1CCC(c2ccc(COc3c(F)cc(F)cc3-c3cccc(N4CCC(C(=O)[O-])CC4)n3)c(C)c2)CC1. The van der Waals surface area contributed by atoms with Crippen LogP contribution in [0.4, 0.5) is 14.6 Å². The van der Waals surface area contributed by atoms with E-state index in [9.17, 15) is 19.1 Å². The summed E-state index contributed by atoms with van der Waals surface area (Å²) in [4.78, 5) is 31.8. The molecule has 2 aliphatic rings. The lowest BCUT2D eigenvalue weighted by atomic mass is 9.88. The number of aryl methyl sites for hydroxylation is 1. The van der Waals surface area contributed by atoms with Crippen molar-refractivity contribution in [3.8, 4) is 17.0 Å². The summed E-state index contributed by atoms with van der Waals surface area (Å²) in [6, 6.07) is 13.4. The number of piperidine rings is 2. The Kier molecular flexibility index (Phi) is 9.55. The second kappa shape index (κ2) is 13.5. The van der Waals surface area contributed by atoms with Crippen molar-refractivity contribution in [3.05, 3.63) is 76.9 Å². The first kappa shape index (κ1) is 30.4. The van der Waals surface area contributed by atoms with E-state index in [1.807, 2.05) is 22.8 Å². The van der Waals surface area contributed by atoms with Crippen molar-refractivity contribution in [2.75, 3.05) is 44.8 Å². The maximum absolute atomic E-state index is 15.1. The lowest BCUT2D eigenvalue weighted by Gasteiger charge is -2.33. The zero-order valence-electron chi connectivity index (χ0n) is 24.5. The number of rotatable bonds is 9. The minimum Gasteiger partial charge on any atom is -0.550 e. The number of halogens is 2. The second-order valence-corrected chi connectivity index (χ2v) is 11.3. The van der Waals surface area contributed by atoms with Gasteiger partial charge in [-0.15, -0.1) is 0 Å². The van der Waals surface area contributed by atoms with Gasteiger partial charge in [-0.25, -0.2) is 13.8 Å². The van der Waals surface area contributed by atoms with Gasteiger partial charge in [0.05, 0.1) is 5.69 Å². The predicted molar refractivity (Wildman–Crippen MR) is 155 cm³/mol. The van der Waals surface area contributed by atoms with Crippen molar-refractivity contribution >= 4 is 17.7 Å². The van der Waals surface area contributed by atoms with Gasteiger partial charge in [0.1, 0.15) is 24.8 Å². The zero-order chi connectivity index (χ0) is 30.5. The Morgan fingerprint density at radius 2 is 1.74 bits per heavy atom. The summed E-state index contributed by atoms with van der Waals surface area (Å²) in [6.07, 6.45) is 2.64. The van der Waals surface area contributed by atoms with Crippen molar-refractivity contribution in [1.29, 1.82) is 0 Å². The molecule has 2 saturated heterocycles. The summed E-state index contributed by atoms with van der Waals surface area (Å²) in [5.74, 6) is -2.22. The smallest absolute Gasteiger partial charge is 0.248 e. The molecule has 43 heavy (non-hydrogen) atoms. The number of ether oxygens (including phenoxy) is 2. The third kappa shape index (κ3) is 7.13. The van der Waals surface area contributed by atoms with Crippen molar-refractivity contribution in [2.45, 2.75) is 45.1 Å². The van der Waals surface area contributed by atoms with Crippen molar-refractivity contribution < 1.29 is 33.0 Å². The first-order chi connectivity index (χ1) is 20.7. The van der Waals surface area contributed by atoms with Crippen LogP contribution in [0.2, 0.25) is 0 Å². The number of nitrogens with zero attached hydrogens (tertiary/aromatic N) is 3. The number of amides is 1. The van der Waals surface area contributed by atoms with E-state index in [0.717, 1.165) is 30.0 Å². The van der Waals surface area contributed by atoms with Gasteiger partial charge in [0.15, 0.2) is 11.6 Å². The number of benzene rings is 2. The summed E-state index contributed by atoms with van der Waals surface area (Å²) in [5, 5.41) is 11.2. The number of likely N-dealkylation sites (tertiary alicyclic amines) is 1. The molecule has 0 spiro atoms. The van der Waals surface area contributed by atoms with Gasteiger partial charge >= 0.3 is 0 Å². The number of carbonyl (C=O) groups is 2. The highest BCUT2D eigenvalue weighted by atomic mass is 19.1. The van der Waals surface area contributed by atoms with Crippen LogP contribution in [0.3, 0.4) is 0 Å². The summed E-state index contributed by atoms with van der Waals surface area (Å²) in [7, 11) is 1.52. The Hall–Kier alpha value is -4.05. The summed E-state index contributed by atoms with van der Waals surface area (Å²) < 4.78 is 40.5. The van der Waals surface area contributed by atoms with E-state index in [2.05, 4.69) is 17.1 Å². The van der Waals surface area contributed by atoms with Gasteiger partial charge in [-0.3, -0.25) is 4.79 Å².